The van der Waals surface area contributed by atoms with Crippen molar-refractivity contribution < 1.29 is 17.8 Å². The van der Waals surface area contributed by atoms with Gasteiger partial charge in [0.1, 0.15) is 11.6 Å². The molecule has 2 aromatic rings. The lowest BCUT2D eigenvalue weighted by Crippen LogP contribution is -2.27. The molecule has 6 heteroatoms. The molecule has 0 saturated carbocycles. The molecule has 0 fully saturated rings. The lowest BCUT2D eigenvalue weighted by molar-refractivity contribution is 0.0951. The normalized spacial score (nSPS) is 12.0. The van der Waals surface area contributed by atoms with Crippen molar-refractivity contribution in [3.05, 3.63) is 65.2 Å². The number of hydrogen-bond acceptors (Lipinski definition) is 2. The Morgan fingerprint density at radius 1 is 1.09 bits per heavy atom. The van der Waals surface area contributed by atoms with Crippen molar-refractivity contribution in [3.8, 4) is 0 Å². The third-order valence-corrected chi connectivity index (χ3v) is 4.73. The molecule has 1 N–H and O–H groups in total. The second kappa shape index (κ2) is 7.97. The zero-order valence-corrected chi connectivity index (χ0v) is 13.5. The first-order chi connectivity index (χ1) is 11.0. The average Bonchev–Trinajstić information content (AvgIpc) is 2.56. The number of hydrogen-bond donors (Lipinski definition) is 1. The van der Waals surface area contributed by atoms with Crippen LogP contribution in [-0.2, 0) is 17.2 Å². The van der Waals surface area contributed by atoms with E-state index in [4.69, 9.17) is 0 Å². The second-order valence-electron chi connectivity index (χ2n) is 4.84. The summed E-state index contributed by atoms with van der Waals surface area (Å²) in [5, 5.41) is 2.61. The van der Waals surface area contributed by atoms with Crippen LogP contribution in [0.3, 0.4) is 0 Å². The number of halogens is 2. The lowest BCUT2D eigenvalue weighted by atomic mass is 10.1. The number of carbonyl (C=O) groups excluding carboxylic acids is 1. The molecule has 0 radical (unpaired) electrons. The molecule has 1 amide bonds. The van der Waals surface area contributed by atoms with Gasteiger partial charge in [-0.25, -0.2) is 8.78 Å². The molecule has 23 heavy (non-hydrogen) atoms. The highest BCUT2D eigenvalue weighted by atomic mass is 32.2. The zero-order valence-electron chi connectivity index (χ0n) is 12.6. The monoisotopic (exact) mass is 337 g/mol. The summed E-state index contributed by atoms with van der Waals surface area (Å²) >= 11 is 0. The molecule has 1 unspecified atom stereocenters. The minimum absolute atomic E-state index is 0.0449. The van der Waals surface area contributed by atoms with Crippen LogP contribution in [0.5, 0.6) is 0 Å². The predicted molar refractivity (Wildman–Crippen MR) is 85.8 cm³/mol. The van der Waals surface area contributed by atoms with Crippen LogP contribution in [0.1, 0.15) is 22.8 Å². The van der Waals surface area contributed by atoms with Crippen LogP contribution in [0.2, 0.25) is 0 Å². The molecule has 122 valence electrons. The maximum atomic E-state index is 13.5. The molecule has 3 nitrogen and oxygen atoms in total. The molecule has 0 spiro atoms. The van der Waals surface area contributed by atoms with Gasteiger partial charge in [-0.2, -0.15) is 0 Å². The van der Waals surface area contributed by atoms with Crippen LogP contribution in [-0.4, -0.2) is 22.4 Å². The number of nitrogens with one attached hydrogen (secondary N) is 1. The lowest BCUT2D eigenvalue weighted by Gasteiger charge is -2.10. The first-order valence-electron chi connectivity index (χ1n) is 7.23. The fourth-order valence-electron chi connectivity index (χ4n) is 2.18. The third kappa shape index (κ3) is 4.22. The van der Waals surface area contributed by atoms with Gasteiger partial charge in [-0.15, -0.1) is 0 Å². The predicted octanol–water partition coefficient (Wildman–Crippen LogP) is 3.06. The van der Waals surface area contributed by atoms with Crippen molar-refractivity contribution in [2.75, 3.05) is 12.3 Å². The Labute approximate surface area is 136 Å². The van der Waals surface area contributed by atoms with E-state index in [-0.39, 0.29) is 18.5 Å². The first-order valence-corrected chi connectivity index (χ1v) is 8.55. The summed E-state index contributed by atoms with van der Waals surface area (Å²) in [6.45, 7) is 1.86. The van der Waals surface area contributed by atoms with Gasteiger partial charge < -0.3 is 5.32 Å². The molecule has 0 aromatic heterocycles. The summed E-state index contributed by atoms with van der Waals surface area (Å²) in [6, 6.07) is 10.3. The average molecular weight is 337 g/mol. The highest BCUT2D eigenvalue weighted by Crippen LogP contribution is 2.15. The molecule has 0 aliphatic heterocycles. The molecule has 0 heterocycles. The van der Waals surface area contributed by atoms with Crippen molar-refractivity contribution in [2.24, 2.45) is 0 Å². The van der Waals surface area contributed by atoms with Crippen molar-refractivity contribution in [1.82, 2.24) is 5.32 Å². The summed E-state index contributed by atoms with van der Waals surface area (Å²) in [5.74, 6) is -1.26. The topological polar surface area (TPSA) is 46.2 Å². The first kappa shape index (κ1) is 17.3. The van der Waals surface area contributed by atoms with Gasteiger partial charge in [0.2, 0.25) is 0 Å². The molecule has 0 aliphatic carbocycles. The minimum Gasteiger partial charge on any atom is -0.352 e. The van der Waals surface area contributed by atoms with Crippen molar-refractivity contribution >= 4 is 16.7 Å². The van der Waals surface area contributed by atoms with E-state index < -0.39 is 28.3 Å². The maximum absolute atomic E-state index is 13.5. The summed E-state index contributed by atoms with van der Waals surface area (Å²) in [4.78, 5) is 12.7. The van der Waals surface area contributed by atoms with Crippen LogP contribution in [0.4, 0.5) is 8.78 Å². The van der Waals surface area contributed by atoms with Gasteiger partial charge in [-0.1, -0.05) is 25.1 Å². The maximum Gasteiger partial charge on any atom is 0.252 e. The molecule has 1 atom stereocenters. The smallest absolute Gasteiger partial charge is 0.252 e. The number of rotatable bonds is 6. The van der Waals surface area contributed by atoms with E-state index in [2.05, 4.69) is 5.32 Å². The summed E-state index contributed by atoms with van der Waals surface area (Å²) in [6.07, 6.45) is 0.0449. The fraction of sp³-hybridized carbons (Fsp3) is 0.235. The summed E-state index contributed by atoms with van der Waals surface area (Å²) in [5.41, 5.74) is 0.264. The van der Waals surface area contributed by atoms with Crippen LogP contribution >= 0.6 is 0 Å². The van der Waals surface area contributed by atoms with E-state index in [1.54, 1.807) is 31.2 Å². The van der Waals surface area contributed by atoms with Gasteiger partial charge in [0.15, 0.2) is 0 Å². The van der Waals surface area contributed by atoms with E-state index in [9.17, 15) is 17.8 Å². The van der Waals surface area contributed by atoms with E-state index >= 15 is 0 Å². The van der Waals surface area contributed by atoms with Gasteiger partial charge >= 0.3 is 0 Å². The molecular weight excluding hydrogens is 320 g/mol. The second-order valence-corrected chi connectivity index (χ2v) is 6.54. The number of carbonyl (C=O) groups is 1. The van der Waals surface area contributed by atoms with Crippen LogP contribution in [0.15, 0.2) is 47.4 Å². The highest BCUT2D eigenvalue weighted by Gasteiger charge is 2.15. The van der Waals surface area contributed by atoms with Gasteiger partial charge in [-0.3, -0.25) is 9.00 Å². The molecule has 0 saturated heterocycles. The van der Waals surface area contributed by atoms with Crippen molar-refractivity contribution in [2.45, 2.75) is 18.2 Å². The van der Waals surface area contributed by atoms with E-state index in [0.717, 1.165) is 0 Å². The number of benzene rings is 2. The fourth-order valence-corrected chi connectivity index (χ4v) is 3.12. The molecule has 2 rings (SSSR count). The molecular formula is C17H17F2NO2S. The van der Waals surface area contributed by atoms with Crippen LogP contribution < -0.4 is 5.32 Å². The standard InChI is InChI=1S/C17H17F2NO2S/c1-2-23(22)16-9-4-3-6-13(16)17(21)20-11-10-12-14(18)7-5-8-15(12)19/h3-9H,2,10-11H2,1H3,(H,20,21). The molecule has 0 bridgehead atoms. The highest BCUT2D eigenvalue weighted by molar-refractivity contribution is 7.85. The van der Waals surface area contributed by atoms with Crippen molar-refractivity contribution in [3.63, 3.8) is 0 Å². The Morgan fingerprint density at radius 3 is 2.39 bits per heavy atom. The largest absolute Gasteiger partial charge is 0.352 e. The Kier molecular flexibility index (Phi) is 5.98. The summed E-state index contributed by atoms with van der Waals surface area (Å²) < 4.78 is 39.0. The van der Waals surface area contributed by atoms with Gasteiger partial charge in [0.25, 0.3) is 5.91 Å². The van der Waals surface area contributed by atoms with Crippen molar-refractivity contribution in [1.29, 1.82) is 0 Å². The van der Waals surface area contributed by atoms with Gasteiger partial charge in [0, 0.05) is 17.9 Å². The van der Waals surface area contributed by atoms with Crippen LogP contribution in [0.25, 0.3) is 0 Å². The Balaban J connectivity index is 2.05. The quantitative estimate of drug-likeness (QED) is 0.880. The van der Waals surface area contributed by atoms with Gasteiger partial charge in [-0.05, 0) is 30.7 Å². The Morgan fingerprint density at radius 2 is 1.74 bits per heavy atom. The minimum atomic E-state index is -1.25. The van der Waals surface area contributed by atoms with Crippen LogP contribution in [0, 0.1) is 11.6 Å². The summed E-state index contributed by atoms with van der Waals surface area (Å²) in [7, 11) is -1.25. The molecule has 0 aliphatic rings. The number of amides is 1. The van der Waals surface area contributed by atoms with E-state index in [1.807, 2.05) is 0 Å². The Bertz CT molecular complexity index is 714. The Hall–Kier alpha value is -2.08. The van der Waals surface area contributed by atoms with E-state index in [0.29, 0.717) is 16.2 Å². The SMILES string of the molecule is CCS(=O)c1ccccc1C(=O)NCCc1c(F)cccc1F. The zero-order chi connectivity index (χ0) is 16.8. The third-order valence-electron chi connectivity index (χ3n) is 3.36. The molecule has 2 aromatic carbocycles. The van der Waals surface area contributed by atoms with Gasteiger partial charge in [0.05, 0.1) is 21.3 Å². The van der Waals surface area contributed by atoms with E-state index in [1.165, 1.54) is 18.2 Å².